The molecule has 0 bridgehead atoms. The van der Waals surface area contributed by atoms with Crippen molar-refractivity contribution in [3.05, 3.63) is 111 Å². The van der Waals surface area contributed by atoms with E-state index >= 15 is 0 Å². The van der Waals surface area contributed by atoms with Gasteiger partial charge in [-0.3, -0.25) is 14.6 Å². The van der Waals surface area contributed by atoms with Crippen LogP contribution >= 0.6 is 0 Å². The highest BCUT2D eigenvalue weighted by atomic mass is 16.3. The fourth-order valence-electron chi connectivity index (χ4n) is 3.56. The molecule has 0 saturated carbocycles. The highest BCUT2D eigenvalue weighted by molar-refractivity contribution is 6.10. The quantitative estimate of drug-likeness (QED) is 0.519. The lowest BCUT2D eigenvalue weighted by Gasteiger charge is -2.14. The maximum Gasteiger partial charge on any atom is 0.200 e. The molecule has 150 valence electrons. The number of rotatable bonds is 5. The van der Waals surface area contributed by atoms with Gasteiger partial charge < -0.3 is 9.67 Å². The van der Waals surface area contributed by atoms with E-state index in [0.717, 1.165) is 22.3 Å². The third-order valence-corrected chi connectivity index (χ3v) is 5.36. The molecule has 0 spiro atoms. The number of benzene rings is 2. The topological polar surface area (TPSA) is 72.2 Å². The Hall–Kier alpha value is -3.57. The third-order valence-electron chi connectivity index (χ3n) is 5.36. The molecule has 5 nitrogen and oxygen atoms in total. The highest BCUT2D eigenvalue weighted by Crippen LogP contribution is 2.17. The normalized spacial score (nSPS) is 11.0. The molecule has 0 aliphatic rings. The maximum atomic E-state index is 13.2. The predicted molar refractivity (Wildman–Crippen MR) is 117 cm³/mol. The van der Waals surface area contributed by atoms with Crippen molar-refractivity contribution in [3.63, 3.8) is 0 Å². The molecule has 0 aliphatic heterocycles. The van der Waals surface area contributed by atoms with Gasteiger partial charge in [-0.2, -0.15) is 0 Å². The van der Waals surface area contributed by atoms with Crippen LogP contribution in [0.3, 0.4) is 0 Å². The first kappa shape index (κ1) is 19.7. The Morgan fingerprint density at radius 2 is 1.73 bits per heavy atom. The first-order chi connectivity index (χ1) is 14.5. The molecule has 0 unspecified atom stereocenters. The SMILES string of the molecule is Cc1ccc(C(=O)c2cn(Cc3cccc(CO)n3)c3ccccc3c2=O)cc1C. The van der Waals surface area contributed by atoms with E-state index in [0.29, 0.717) is 23.2 Å². The van der Waals surface area contributed by atoms with Crippen LogP contribution in [0.25, 0.3) is 10.9 Å². The van der Waals surface area contributed by atoms with Crippen molar-refractivity contribution in [2.75, 3.05) is 0 Å². The van der Waals surface area contributed by atoms with Crippen molar-refractivity contribution < 1.29 is 9.90 Å². The van der Waals surface area contributed by atoms with E-state index in [9.17, 15) is 14.7 Å². The van der Waals surface area contributed by atoms with Crippen LogP contribution in [-0.2, 0) is 13.2 Å². The zero-order valence-corrected chi connectivity index (χ0v) is 16.9. The highest BCUT2D eigenvalue weighted by Gasteiger charge is 2.18. The first-order valence-corrected chi connectivity index (χ1v) is 9.77. The number of hydrogen-bond donors (Lipinski definition) is 1. The summed E-state index contributed by atoms with van der Waals surface area (Å²) in [5.41, 5.74) is 4.50. The molecule has 0 radical (unpaired) electrons. The largest absolute Gasteiger partial charge is 0.390 e. The van der Waals surface area contributed by atoms with Gasteiger partial charge in [0.1, 0.15) is 0 Å². The molecule has 30 heavy (non-hydrogen) atoms. The Kier molecular flexibility index (Phi) is 5.29. The van der Waals surface area contributed by atoms with Crippen molar-refractivity contribution in [1.82, 2.24) is 9.55 Å². The Morgan fingerprint density at radius 1 is 0.967 bits per heavy atom. The molecular formula is C25H22N2O3. The molecule has 0 aliphatic carbocycles. The monoisotopic (exact) mass is 398 g/mol. The Bertz CT molecular complexity index is 1320. The van der Waals surface area contributed by atoms with E-state index in [1.165, 1.54) is 0 Å². The predicted octanol–water partition coefficient (Wildman–Crippen LogP) is 3.78. The second kappa shape index (κ2) is 8.05. The van der Waals surface area contributed by atoms with Crippen LogP contribution in [-0.4, -0.2) is 20.4 Å². The number of pyridine rings is 2. The van der Waals surface area contributed by atoms with Gasteiger partial charge in [0.2, 0.25) is 5.43 Å². The molecule has 4 rings (SSSR count). The lowest BCUT2D eigenvalue weighted by atomic mass is 9.99. The summed E-state index contributed by atoms with van der Waals surface area (Å²) in [5, 5.41) is 9.86. The standard InChI is InChI=1S/C25H22N2O3/c1-16-10-11-18(12-17(16)2)24(29)22-14-27(13-19-6-5-7-20(15-28)26-19)23-9-4-3-8-21(23)25(22)30/h3-12,14,28H,13,15H2,1-2H3. The number of nitrogens with zero attached hydrogens (tertiary/aromatic N) is 2. The average molecular weight is 398 g/mol. The molecular weight excluding hydrogens is 376 g/mol. The number of aliphatic hydroxyl groups excluding tert-OH is 1. The van der Waals surface area contributed by atoms with Gasteiger partial charge in [-0.1, -0.05) is 30.3 Å². The van der Waals surface area contributed by atoms with E-state index in [1.807, 2.05) is 54.8 Å². The second-order valence-corrected chi connectivity index (χ2v) is 7.42. The maximum absolute atomic E-state index is 13.2. The van der Waals surface area contributed by atoms with Gasteiger partial charge in [-0.05, 0) is 55.3 Å². The van der Waals surface area contributed by atoms with Crippen LogP contribution < -0.4 is 5.43 Å². The number of aryl methyl sites for hydroxylation is 2. The number of carbonyl (C=O) groups excluding carboxylic acids is 1. The molecule has 2 heterocycles. The number of para-hydroxylation sites is 1. The van der Waals surface area contributed by atoms with Crippen molar-refractivity contribution in [2.24, 2.45) is 0 Å². The van der Waals surface area contributed by atoms with Gasteiger partial charge in [0, 0.05) is 17.1 Å². The van der Waals surface area contributed by atoms with Gasteiger partial charge in [0.15, 0.2) is 5.78 Å². The van der Waals surface area contributed by atoms with Crippen LogP contribution in [0.1, 0.15) is 38.4 Å². The molecule has 4 aromatic rings. The van der Waals surface area contributed by atoms with Crippen molar-refractivity contribution in [3.8, 4) is 0 Å². The van der Waals surface area contributed by atoms with Gasteiger partial charge in [-0.25, -0.2) is 0 Å². The van der Waals surface area contributed by atoms with E-state index in [2.05, 4.69) is 4.98 Å². The summed E-state index contributed by atoms with van der Waals surface area (Å²) >= 11 is 0. The fourth-order valence-corrected chi connectivity index (χ4v) is 3.56. The molecule has 0 saturated heterocycles. The number of fused-ring (bicyclic) bond motifs is 1. The molecule has 0 amide bonds. The van der Waals surface area contributed by atoms with Crippen LogP contribution in [0.4, 0.5) is 0 Å². The van der Waals surface area contributed by atoms with E-state index < -0.39 is 0 Å². The minimum atomic E-state index is -0.292. The Morgan fingerprint density at radius 3 is 2.50 bits per heavy atom. The Balaban J connectivity index is 1.86. The van der Waals surface area contributed by atoms with Crippen LogP contribution in [0.5, 0.6) is 0 Å². The summed E-state index contributed by atoms with van der Waals surface area (Å²) in [5.74, 6) is -0.292. The zero-order chi connectivity index (χ0) is 21.3. The first-order valence-electron chi connectivity index (χ1n) is 9.77. The van der Waals surface area contributed by atoms with Crippen LogP contribution in [0.2, 0.25) is 0 Å². The minimum Gasteiger partial charge on any atom is -0.390 e. The summed E-state index contributed by atoms with van der Waals surface area (Å²) < 4.78 is 1.87. The lowest BCUT2D eigenvalue weighted by molar-refractivity contribution is 0.103. The second-order valence-electron chi connectivity index (χ2n) is 7.42. The number of aliphatic hydroxyl groups is 1. The van der Waals surface area contributed by atoms with Gasteiger partial charge >= 0.3 is 0 Å². The molecule has 2 aromatic carbocycles. The number of hydrogen-bond acceptors (Lipinski definition) is 4. The zero-order valence-electron chi connectivity index (χ0n) is 16.9. The number of ketones is 1. The summed E-state index contributed by atoms with van der Waals surface area (Å²) in [6.07, 6.45) is 1.62. The third kappa shape index (κ3) is 3.67. The van der Waals surface area contributed by atoms with E-state index in [1.54, 1.807) is 30.5 Å². The number of carbonyl (C=O) groups is 1. The van der Waals surface area contributed by atoms with Crippen molar-refractivity contribution in [2.45, 2.75) is 27.0 Å². The molecule has 5 heteroatoms. The summed E-state index contributed by atoms with van der Waals surface area (Å²) in [6, 6.07) is 18.2. The van der Waals surface area contributed by atoms with Gasteiger partial charge in [0.05, 0.1) is 35.6 Å². The van der Waals surface area contributed by atoms with Crippen LogP contribution in [0.15, 0.2) is 71.7 Å². The lowest BCUT2D eigenvalue weighted by Crippen LogP contribution is -2.20. The summed E-state index contributed by atoms with van der Waals surface area (Å²) in [4.78, 5) is 30.8. The van der Waals surface area contributed by atoms with Gasteiger partial charge in [-0.15, -0.1) is 0 Å². The molecule has 0 fully saturated rings. The van der Waals surface area contributed by atoms with E-state index in [-0.39, 0.29) is 23.4 Å². The van der Waals surface area contributed by atoms with Crippen molar-refractivity contribution >= 4 is 16.7 Å². The molecule has 1 N–H and O–H groups in total. The molecule has 0 atom stereocenters. The summed E-state index contributed by atoms with van der Waals surface area (Å²) in [6.45, 7) is 4.17. The Labute approximate surface area is 174 Å². The average Bonchev–Trinajstić information content (AvgIpc) is 2.77. The van der Waals surface area contributed by atoms with Gasteiger partial charge in [0.25, 0.3) is 0 Å². The van der Waals surface area contributed by atoms with Crippen molar-refractivity contribution in [1.29, 1.82) is 0 Å². The van der Waals surface area contributed by atoms with Crippen LogP contribution in [0, 0.1) is 13.8 Å². The molecule has 2 aromatic heterocycles. The summed E-state index contributed by atoms with van der Waals surface area (Å²) in [7, 11) is 0. The fraction of sp³-hybridized carbons (Fsp3) is 0.160. The van der Waals surface area contributed by atoms with E-state index in [4.69, 9.17) is 0 Å². The smallest absolute Gasteiger partial charge is 0.200 e. The number of aromatic nitrogens is 2. The minimum absolute atomic E-state index is 0.135.